The van der Waals surface area contributed by atoms with E-state index in [9.17, 15) is 9.18 Å². The van der Waals surface area contributed by atoms with Crippen LogP contribution in [0.3, 0.4) is 0 Å². The summed E-state index contributed by atoms with van der Waals surface area (Å²) in [5.41, 5.74) is 0.192. The van der Waals surface area contributed by atoms with Gasteiger partial charge >= 0.3 is 0 Å². The molecule has 7 heteroatoms. The van der Waals surface area contributed by atoms with Crippen molar-refractivity contribution in [2.45, 2.75) is 6.10 Å². The summed E-state index contributed by atoms with van der Waals surface area (Å²) in [5, 5.41) is 9.06. The molecule has 0 unspecified atom stereocenters. The summed E-state index contributed by atoms with van der Waals surface area (Å²) >= 11 is 5.89. The lowest BCUT2D eigenvalue weighted by atomic mass is 10.1. The number of amides is 1. The van der Waals surface area contributed by atoms with Crippen LogP contribution < -0.4 is 4.74 Å². The molecule has 2 heterocycles. The van der Waals surface area contributed by atoms with E-state index in [0.717, 1.165) is 0 Å². The van der Waals surface area contributed by atoms with Crippen molar-refractivity contribution in [2.75, 3.05) is 13.1 Å². The first-order chi connectivity index (χ1) is 11.1. The largest absolute Gasteiger partial charge is 0.470 e. The predicted octanol–water partition coefficient (Wildman–Crippen LogP) is 2.65. The number of likely N-dealkylation sites (tertiary alicyclic amines) is 1. The van der Waals surface area contributed by atoms with Gasteiger partial charge in [0.05, 0.1) is 23.7 Å². The Hall–Kier alpha value is -2.65. The second-order valence-electron chi connectivity index (χ2n) is 5.01. The fourth-order valence-electron chi connectivity index (χ4n) is 2.27. The van der Waals surface area contributed by atoms with E-state index < -0.39 is 11.7 Å². The van der Waals surface area contributed by atoms with Gasteiger partial charge in [-0.25, -0.2) is 9.37 Å². The van der Waals surface area contributed by atoms with E-state index >= 15 is 0 Å². The molecular weight excluding hydrogens is 321 g/mol. The van der Waals surface area contributed by atoms with Crippen LogP contribution in [0.5, 0.6) is 5.88 Å². The van der Waals surface area contributed by atoms with Crippen molar-refractivity contribution < 1.29 is 13.9 Å². The van der Waals surface area contributed by atoms with Gasteiger partial charge in [-0.2, -0.15) is 5.26 Å². The molecular formula is C16H11ClFN3O2. The Morgan fingerprint density at radius 3 is 2.87 bits per heavy atom. The van der Waals surface area contributed by atoms with E-state index in [-0.39, 0.29) is 35.7 Å². The zero-order valence-corrected chi connectivity index (χ0v) is 12.6. The molecule has 1 aromatic carbocycles. The highest BCUT2D eigenvalue weighted by atomic mass is 35.5. The number of halogens is 2. The third-order valence-corrected chi connectivity index (χ3v) is 3.80. The van der Waals surface area contributed by atoms with Crippen LogP contribution in [0.15, 0.2) is 36.5 Å². The molecule has 1 aliphatic heterocycles. The van der Waals surface area contributed by atoms with Gasteiger partial charge in [-0.05, 0) is 24.3 Å². The van der Waals surface area contributed by atoms with Crippen LogP contribution in [0.1, 0.15) is 15.9 Å². The number of ether oxygens (including phenoxy) is 1. The number of hydrogen-bond donors (Lipinski definition) is 0. The minimum absolute atomic E-state index is 0.0795. The van der Waals surface area contributed by atoms with Crippen LogP contribution in [0.25, 0.3) is 0 Å². The number of benzene rings is 1. The van der Waals surface area contributed by atoms with E-state index in [0.29, 0.717) is 5.56 Å². The SMILES string of the molecule is N#Cc1cccnc1OC1CN(C(=O)c2c(F)cccc2Cl)C1. The van der Waals surface area contributed by atoms with E-state index in [1.54, 1.807) is 12.1 Å². The van der Waals surface area contributed by atoms with Crippen molar-refractivity contribution in [3.05, 3.63) is 58.5 Å². The fraction of sp³-hybridized carbons (Fsp3) is 0.188. The Morgan fingerprint density at radius 1 is 1.39 bits per heavy atom. The molecule has 0 spiro atoms. The first kappa shape index (κ1) is 15.3. The Kier molecular flexibility index (Phi) is 4.13. The van der Waals surface area contributed by atoms with Crippen LogP contribution in [-0.4, -0.2) is 35.0 Å². The molecule has 0 aliphatic carbocycles. The number of hydrogen-bond acceptors (Lipinski definition) is 4. The van der Waals surface area contributed by atoms with Crippen molar-refractivity contribution in [2.24, 2.45) is 0 Å². The maximum atomic E-state index is 13.8. The summed E-state index contributed by atoms with van der Waals surface area (Å²) in [4.78, 5) is 17.7. The Morgan fingerprint density at radius 2 is 2.17 bits per heavy atom. The minimum atomic E-state index is -0.650. The number of nitriles is 1. The number of carbonyl (C=O) groups excluding carboxylic acids is 1. The zero-order valence-electron chi connectivity index (χ0n) is 11.9. The summed E-state index contributed by atoms with van der Waals surface area (Å²) in [6.45, 7) is 0.565. The summed E-state index contributed by atoms with van der Waals surface area (Å²) in [7, 11) is 0. The van der Waals surface area contributed by atoms with Crippen LogP contribution in [-0.2, 0) is 0 Å². The predicted molar refractivity (Wildman–Crippen MR) is 80.7 cm³/mol. The first-order valence-corrected chi connectivity index (χ1v) is 7.23. The van der Waals surface area contributed by atoms with E-state index in [2.05, 4.69) is 4.98 Å². The number of aromatic nitrogens is 1. The third kappa shape index (κ3) is 2.96. The summed E-state index contributed by atoms with van der Waals surface area (Å²) in [6, 6.07) is 9.34. The number of pyridine rings is 1. The highest BCUT2D eigenvalue weighted by molar-refractivity contribution is 6.33. The molecule has 1 saturated heterocycles. The van der Waals surface area contributed by atoms with Gasteiger partial charge in [0.2, 0.25) is 5.88 Å². The third-order valence-electron chi connectivity index (χ3n) is 3.48. The van der Waals surface area contributed by atoms with Gasteiger partial charge in [-0.15, -0.1) is 0 Å². The summed E-state index contributed by atoms with van der Waals surface area (Å²) in [6.07, 6.45) is 1.24. The normalized spacial score (nSPS) is 14.0. The van der Waals surface area contributed by atoms with Crippen LogP contribution in [0.2, 0.25) is 5.02 Å². The molecule has 1 aromatic heterocycles. The molecule has 116 valence electrons. The van der Waals surface area contributed by atoms with Gasteiger partial charge < -0.3 is 9.64 Å². The lowest BCUT2D eigenvalue weighted by Gasteiger charge is -2.38. The highest BCUT2D eigenvalue weighted by Crippen LogP contribution is 2.25. The van der Waals surface area contributed by atoms with E-state index in [1.807, 2.05) is 6.07 Å². The number of rotatable bonds is 3. The lowest BCUT2D eigenvalue weighted by Crippen LogP contribution is -2.56. The maximum absolute atomic E-state index is 13.8. The van der Waals surface area contributed by atoms with Gasteiger partial charge in [0.15, 0.2) is 0 Å². The lowest BCUT2D eigenvalue weighted by molar-refractivity contribution is 0.0155. The molecule has 0 bridgehead atoms. The minimum Gasteiger partial charge on any atom is -0.470 e. The molecule has 0 N–H and O–H groups in total. The topological polar surface area (TPSA) is 66.2 Å². The molecule has 0 radical (unpaired) electrons. The quantitative estimate of drug-likeness (QED) is 0.867. The van der Waals surface area contributed by atoms with Crippen molar-refractivity contribution in [3.8, 4) is 11.9 Å². The van der Waals surface area contributed by atoms with Crippen molar-refractivity contribution in [3.63, 3.8) is 0 Å². The Balaban J connectivity index is 1.65. The summed E-state index contributed by atoms with van der Waals surface area (Å²) < 4.78 is 19.3. The van der Waals surface area contributed by atoms with E-state index in [1.165, 1.54) is 29.3 Å². The Labute approximate surface area is 136 Å². The molecule has 1 aliphatic rings. The molecule has 2 aromatic rings. The molecule has 0 saturated carbocycles. The molecule has 3 rings (SSSR count). The van der Waals surface area contributed by atoms with Gasteiger partial charge in [0.1, 0.15) is 23.6 Å². The standard InChI is InChI=1S/C16H11ClFN3O2/c17-12-4-1-5-13(18)14(12)16(22)21-8-11(9-21)23-15-10(7-19)3-2-6-20-15/h1-6,11H,8-9H2. The molecule has 1 fully saturated rings. The maximum Gasteiger partial charge on any atom is 0.258 e. The van der Waals surface area contributed by atoms with Crippen LogP contribution in [0.4, 0.5) is 4.39 Å². The second kappa shape index (κ2) is 6.23. The van der Waals surface area contributed by atoms with Crippen molar-refractivity contribution >= 4 is 17.5 Å². The fourth-order valence-corrected chi connectivity index (χ4v) is 2.51. The Bertz CT molecular complexity index is 780. The molecule has 5 nitrogen and oxygen atoms in total. The summed E-state index contributed by atoms with van der Waals surface area (Å²) in [5.74, 6) is -0.895. The molecule has 23 heavy (non-hydrogen) atoms. The van der Waals surface area contributed by atoms with Crippen molar-refractivity contribution in [1.82, 2.24) is 9.88 Å². The van der Waals surface area contributed by atoms with Crippen LogP contribution in [0, 0.1) is 17.1 Å². The van der Waals surface area contributed by atoms with Crippen molar-refractivity contribution in [1.29, 1.82) is 5.26 Å². The average molecular weight is 332 g/mol. The van der Waals surface area contributed by atoms with E-state index in [4.69, 9.17) is 21.6 Å². The number of carbonyl (C=O) groups is 1. The van der Waals surface area contributed by atoms with Gasteiger partial charge in [0.25, 0.3) is 5.91 Å². The smallest absolute Gasteiger partial charge is 0.258 e. The van der Waals surface area contributed by atoms with Gasteiger partial charge in [-0.3, -0.25) is 4.79 Å². The molecule has 1 amide bonds. The monoisotopic (exact) mass is 331 g/mol. The zero-order chi connectivity index (χ0) is 16.4. The van der Waals surface area contributed by atoms with Gasteiger partial charge in [-0.1, -0.05) is 17.7 Å². The second-order valence-corrected chi connectivity index (χ2v) is 5.42. The highest BCUT2D eigenvalue weighted by Gasteiger charge is 2.35. The van der Waals surface area contributed by atoms with Gasteiger partial charge in [0, 0.05) is 6.20 Å². The molecule has 0 atom stereocenters. The average Bonchev–Trinajstić information content (AvgIpc) is 2.50. The first-order valence-electron chi connectivity index (χ1n) is 6.85. The number of nitrogens with zero attached hydrogens (tertiary/aromatic N) is 3. The van der Waals surface area contributed by atoms with Crippen LogP contribution >= 0.6 is 11.6 Å².